The first-order chi connectivity index (χ1) is 8.63. The molecule has 0 spiro atoms. The second-order valence-electron chi connectivity index (χ2n) is 3.87. The van der Waals surface area contributed by atoms with Gasteiger partial charge in [-0.3, -0.25) is 0 Å². The predicted octanol–water partition coefficient (Wildman–Crippen LogP) is 2.46. The molecule has 0 unspecified atom stereocenters. The van der Waals surface area contributed by atoms with Crippen molar-refractivity contribution in [3.05, 3.63) is 40.9 Å². The normalized spacial score (nSPS) is 10.9. The highest BCUT2D eigenvalue weighted by Gasteiger charge is 2.10. The zero-order chi connectivity index (χ0) is 12.7. The topological polar surface area (TPSA) is 67.5 Å². The van der Waals surface area contributed by atoms with Crippen molar-refractivity contribution in [2.24, 2.45) is 0 Å². The average Bonchev–Trinajstić information content (AvgIpc) is 2.93. The molecule has 0 atom stereocenters. The van der Waals surface area contributed by atoms with Gasteiger partial charge in [0.15, 0.2) is 11.5 Å². The summed E-state index contributed by atoms with van der Waals surface area (Å²) in [7, 11) is 0. The van der Waals surface area contributed by atoms with E-state index in [0.717, 1.165) is 4.88 Å². The molecule has 3 heterocycles. The van der Waals surface area contributed by atoms with Crippen LogP contribution in [0, 0.1) is 6.92 Å². The van der Waals surface area contributed by atoms with Crippen LogP contribution in [0.5, 0.6) is 0 Å². The van der Waals surface area contributed by atoms with Gasteiger partial charge in [-0.15, -0.1) is 16.4 Å². The number of carbonyl (C=O) groups is 1. The molecule has 0 aliphatic heterocycles. The molecule has 0 radical (unpaired) electrons. The van der Waals surface area contributed by atoms with Gasteiger partial charge in [-0.1, -0.05) is 0 Å². The smallest absolute Gasteiger partial charge is 0.335 e. The van der Waals surface area contributed by atoms with E-state index in [2.05, 4.69) is 10.1 Å². The SMILES string of the molecule is Cc1ccc(-c2nc3cc(C(=O)O)ccn3n2)s1. The van der Waals surface area contributed by atoms with Crippen LogP contribution in [-0.4, -0.2) is 25.7 Å². The van der Waals surface area contributed by atoms with Gasteiger partial charge in [0.25, 0.3) is 0 Å². The molecule has 18 heavy (non-hydrogen) atoms. The van der Waals surface area contributed by atoms with Crippen LogP contribution in [0.25, 0.3) is 16.3 Å². The van der Waals surface area contributed by atoms with Crippen molar-refractivity contribution in [3.63, 3.8) is 0 Å². The summed E-state index contributed by atoms with van der Waals surface area (Å²) in [6.07, 6.45) is 1.61. The highest BCUT2D eigenvalue weighted by atomic mass is 32.1. The molecule has 0 saturated heterocycles. The highest BCUT2D eigenvalue weighted by Crippen LogP contribution is 2.25. The molecule has 6 heteroatoms. The lowest BCUT2D eigenvalue weighted by atomic mass is 10.3. The number of rotatable bonds is 2. The van der Waals surface area contributed by atoms with Crippen molar-refractivity contribution >= 4 is 23.0 Å². The quantitative estimate of drug-likeness (QED) is 0.767. The van der Waals surface area contributed by atoms with Crippen LogP contribution >= 0.6 is 11.3 Å². The summed E-state index contributed by atoms with van der Waals surface area (Å²) >= 11 is 1.61. The Morgan fingerprint density at radius 1 is 1.39 bits per heavy atom. The number of hydrogen-bond acceptors (Lipinski definition) is 4. The highest BCUT2D eigenvalue weighted by molar-refractivity contribution is 7.15. The Morgan fingerprint density at radius 3 is 2.89 bits per heavy atom. The maximum absolute atomic E-state index is 10.9. The molecular formula is C12H9N3O2S. The molecule has 0 saturated carbocycles. The number of aromatic carboxylic acids is 1. The molecule has 90 valence electrons. The third-order valence-electron chi connectivity index (χ3n) is 2.55. The van der Waals surface area contributed by atoms with Crippen LogP contribution in [0.4, 0.5) is 0 Å². The summed E-state index contributed by atoms with van der Waals surface area (Å²) < 4.78 is 1.58. The van der Waals surface area contributed by atoms with Crippen LogP contribution in [0.15, 0.2) is 30.5 Å². The minimum absolute atomic E-state index is 0.212. The molecule has 3 rings (SSSR count). The van der Waals surface area contributed by atoms with Crippen LogP contribution in [-0.2, 0) is 0 Å². The molecule has 0 fully saturated rings. The maximum Gasteiger partial charge on any atom is 0.335 e. The second kappa shape index (κ2) is 3.92. The number of hydrogen-bond donors (Lipinski definition) is 1. The van der Waals surface area contributed by atoms with Gasteiger partial charge in [0, 0.05) is 11.1 Å². The van der Waals surface area contributed by atoms with E-state index < -0.39 is 5.97 Å². The minimum atomic E-state index is -0.964. The zero-order valence-corrected chi connectivity index (χ0v) is 10.3. The maximum atomic E-state index is 10.9. The molecule has 0 amide bonds. The Bertz CT molecular complexity index is 745. The first-order valence-corrected chi connectivity index (χ1v) is 6.12. The molecule has 0 aromatic carbocycles. The summed E-state index contributed by atoms with van der Waals surface area (Å²) in [5.74, 6) is -0.343. The van der Waals surface area contributed by atoms with Gasteiger partial charge in [0.2, 0.25) is 0 Å². The fraction of sp³-hybridized carbons (Fsp3) is 0.0833. The summed E-state index contributed by atoms with van der Waals surface area (Å²) in [6.45, 7) is 2.02. The van der Waals surface area contributed by atoms with Crippen LogP contribution in [0.1, 0.15) is 15.2 Å². The van der Waals surface area contributed by atoms with E-state index in [1.165, 1.54) is 17.0 Å². The molecule has 3 aromatic heterocycles. The first kappa shape index (κ1) is 10.9. The first-order valence-electron chi connectivity index (χ1n) is 5.30. The summed E-state index contributed by atoms with van der Waals surface area (Å²) in [5.41, 5.74) is 0.750. The number of fused-ring (bicyclic) bond motifs is 1. The van der Waals surface area contributed by atoms with Crippen molar-refractivity contribution in [2.45, 2.75) is 6.92 Å². The molecule has 0 bridgehead atoms. The largest absolute Gasteiger partial charge is 0.478 e. The van der Waals surface area contributed by atoms with Crippen molar-refractivity contribution in [2.75, 3.05) is 0 Å². The van der Waals surface area contributed by atoms with Gasteiger partial charge in [-0.2, -0.15) is 0 Å². The van der Waals surface area contributed by atoms with Gasteiger partial charge < -0.3 is 5.11 Å². The number of thiophene rings is 1. The van der Waals surface area contributed by atoms with Gasteiger partial charge in [-0.25, -0.2) is 14.3 Å². The standard InChI is InChI=1S/C12H9N3O2S/c1-7-2-3-9(18-7)11-13-10-6-8(12(16)17)4-5-15(10)14-11/h2-6H,1H3,(H,16,17). The van der Waals surface area contributed by atoms with Crippen LogP contribution < -0.4 is 0 Å². The summed E-state index contributed by atoms with van der Waals surface area (Å²) in [6, 6.07) is 6.99. The lowest BCUT2D eigenvalue weighted by Crippen LogP contribution is -1.97. The molecule has 1 N–H and O–H groups in total. The van der Waals surface area contributed by atoms with Gasteiger partial charge in [-0.05, 0) is 31.2 Å². The molecule has 0 aliphatic carbocycles. The van der Waals surface area contributed by atoms with Gasteiger partial charge in [0.1, 0.15) is 0 Å². The summed E-state index contributed by atoms with van der Waals surface area (Å²) in [4.78, 5) is 17.4. The van der Waals surface area contributed by atoms with E-state index in [4.69, 9.17) is 5.11 Å². The monoisotopic (exact) mass is 259 g/mol. The van der Waals surface area contributed by atoms with E-state index in [0.29, 0.717) is 11.5 Å². The van der Waals surface area contributed by atoms with Gasteiger partial charge >= 0.3 is 5.97 Å². The van der Waals surface area contributed by atoms with Crippen molar-refractivity contribution in [1.82, 2.24) is 14.6 Å². The number of pyridine rings is 1. The number of carboxylic acids is 1. The minimum Gasteiger partial charge on any atom is -0.478 e. The van der Waals surface area contributed by atoms with Crippen molar-refractivity contribution < 1.29 is 9.90 Å². The fourth-order valence-corrected chi connectivity index (χ4v) is 2.47. The zero-order valence-electron chi connectivity index (χ0n) is 9.49. The number of aryl methyl sites for hydroxylation is 1. The molecule has 0 aliphatic rings. The third-order valence-corrected chi connectivity index (χ3v) is 3.54. The van der Waals surface area contributed by atoms with Crippen LogP contribution in [0.2, 0.25) is 0 Å². The Labute approximate surface area is 106 Å². The van der Waals surface area contributed by atoms with Crippen molar-refractivity contribution in [3.8, 4) is 10.7 Å². The predicted molar refractivity (Wildman–Crippen MR) is 68.0 cm³/mol. The average molecular weight is 259 g/mol. The number of aromatic nitrogens is 3. The van der Waals surface area contributed by atoms with Crippen molar-refractivity contribution in [1.29, 1.82) is 0 Å². The van der Waals surface area contributed by atoms with Crippen LogP contribution in [0.3, 0.4) is 0 Å². The Balaban J connectivity index is 2.13. The number of carboxylic acid groups (broad SMARTS) is 1. The molecule has 5 nitrogen and oxygen atoms in total. The molecular weight excluding hydrogens is 250 g/mol. The van der Waals surface area contributed by atoms with E-state index in [9.17, 15) is 4.79 Å². The lowest BCUT2D eigenvalue weighted by Gasteiger charge is -1.93. The Hall–Kier alpha value is -2.21. The Morgan fingerprint density at radius 2 is 2.22 bits per heavy atom. The fourth-order valence-electron chi connectivity index (χ4n) is 1.67. The van der Waals surface area contributed by atoms with E-state index in [-0.39, 0.29) is 5.56 Å². The lowest BCUT2D eigenvalue weighted by molar-refractivity contribution is 0.0697. The third kappa shape index (κ3) is 1.76. The van der Waals surface area contributed by atoms with Gasteiger partial charge in [0.05, 0.1) is 10.4 Å². The summed E-state index contributed by atoms with van der Waals surface area (Å²) in [5, 5.41) is 13.2. The van der Waals surface area contributed by atoms with E-state index >= 15 is 0 Å². The Kier molecular flexibility index (Phi) is 2.38. The molecule has 3 aromatic rings. The van der Waals surface area contributed by atoms with E-state index in [1.54, 1.807) is 22.0 Å². The number of nitrogens with zero attached hydrogens (tertiary/aromatic N) is 3. The van der Waals surface area contributed by atoms with E-state index in [1.807, 2.05) is 19.1 Å². The second-order valence-corrected chi connectivity index (χ2v) is 5.16.